The Balaban J connectivity index is 2.35. The van der Waals surface area contributed by atoms with Gasteiger partial charge in [-0.15, -0.1) is 0 Å². The first-order valence-electron chi connectivity index (χ1n) is 9.44. The van der Waals surface area contributed by atoms with E-state index in [1.54, 1.807) is 44.2 Å². The van der Waals surface area contributed by atoms with Crippen molar-refractivity contribution in [2.75, 3.05) is 39.2 Å². The molecule has 0 radical (unpaired) electrons. The molecule has 0 saturated heterocycles. The topological polar surface area (TPSA) is 79.9 Å². The fraction of sp³-hybridized carbons (Fsp3) is 0.600. The standard InChI is InChI=1S/C20H31N3O4/c1-6-19(24)22-15-7-8-17-16(9-15)20(25)23(4)11-18(26-5)13(2)10-21-14(3)12-27-17/h7-9,13-14,18,21H,6,10-12H2,1-5H3,(H,22,24)/t13-,14-,18+/m1/s1. The summed E-state index contributed by atoms with van der Waals surface area (Å²) in [5, 5.41) is 6.25. The summed E-state index contributed by atoms with van der Waals surface area (Å²) in [6, 6.07) is 5.30. The number of nitrogens with zero attached hydrogens (tertiary/aromatic N) is 1. The predicted molar refractivity (Wildman–Crippen MR) is 105 cm³/mol. The van der Waals surface area contributed by atoms with Gasteiger partial charge in [-0.25, -0.2) is 0 Å². The molecule has 3 atom stereocenters. The third kappa shape index (κ3) is 5.68. The summed E-state index contributed by atoms with van der Waals surface area (Å²) in [5.41, 5.74) is 1.02. The Bertz CT molecular complexity index is 665. The van der Waals surface area contributed by atoms with Crippen molar-refractivity contribution in [3.05, 3.63) is 23.8 Å². The molecule has 2 N–H and O–H groups in total. The first-order chi connectivity index (χ1) is 12.8. The van der Waals surface area contributed by atoms with E-state index in [0.29, 0.717) is 36.6 Å². The van der Waals surface area contributed by atoms with Crippen molar-refractivity contribution in [1.82, 2.24) is 10.2 Å². The van der Waals surface area contributed by atoms with Crippen LogP contribution in [0.5, 0.6) is 5.75 Å². The zero-order valence-corrected chi connectivity index (χ0v) is 16.9. The first-order valence-corrected chi connectivity index (χ1v) is 9.44. The van der Waals surface area contributed by atoms with E-state index in [9.17, 15) is 9.59 Å². The van der Waals surface area contributed by atoms with Crippen LogP contribution in [0.4, 0.5) is 5.69 Å². The number of ether oxygens (including phenoxy) is 2. The smallest absolute Gasteiger partial charge is 0.257 e. The van der Waals surface area contributed by atoms with Crippen LogP contribution in [0, 0.1) is 5.92 Å². The molecular weight excluding hydrogens is 346 g/mol. The minimum absolute atomic E-state index is 0.0783. The quantitative estimate of drug-likeness (QED) is 0.844. The van der Waals surface area contributed by atoms with Gasteiger partial charge in [0.15, 0.2) is 0 Å². The molecule has 27 heavy (non-hydrogen) atoms. The summed E-state index contributed by atoms with van der Waals surface area (Å²) in [6.07, 6.45) is 0.295. The summed E-state index contributed by atoms with van der Waals surface area (Å²) in [5.74, 6) is 0.489. The average Bonchev–Trinajstić information content (AvgIpc) is 2.67. The third-order valence-corrected chi connectivity index (χ3v) is 4.83. The van der Waals surface area contributed by atoms with E-state index in [1.807, 2.05) is 6.92 Å². The number of carbonyl (C=O) groups is 2. The van der Waals surface area contributed by atoms with Gasteiger partial charge in [0, 0.05) is 45.4 Å². The van der Waals surface area contributed by atoms with Crippen LogP contribution in [-0.4, -0.2) is 62.7 Å². The molecule has 1 aliphatic rings. The average molecular weight is 377 g/mol. The Morgan fingerprint density at radius 3 is 2.81 bits per heavy atom. The summed E-state index contributed by atoms with van der Waals surface area (Å²) in [4.78, 5) is 26.4. The zero-order chi connectivity index (χ0) is 20.0. The molecule has 0 bridgehead atoms. The molecule has 7 heteroatoms. The number of hydrogen-bond acceptors (Lipinski definition) is 5. The lowest BCUT2D eigenvalue weighted by molar-refractivity contribution is -0.115. The molecule has 1 aromatic carbocycles. The molecular formula is C20H31N3O4. The molecule has 1 aliphatic heterocycles. The second kappa shape index (κ2) is 9.71. The largest absolute Gasteiger partial charge is 0.491 e. The molecule has 1 aromatic rings. The van der Waals surface area contributed by atoms with Gasteiger partial charge in [-0.1, -0.05) is 13.8 Å². The van der Waals surface area contributed by atoms with Crippen molar-refractivity contribution < 1.29 is 19.1 Å². The van der Waals surface area contributed by atoms with E-state index in [-0.39, 0.29) is 29.9 Å². The highest BCUT2D eigenvalue weighted by Gasteiger charge is 2.25. The summed E-state index contributed by atoms with van der Waals surface area (Å²) >= 11 is 0. The third-order valence-electron chi connectivity index (χ3n) is 4.83. The summed E-state index contributed by atoms with van der Waals surface area (Å²) in [7, 11) is 3.42. The predicted octanol–water partition coefficient (Wildman–Crippen LogP) is 2.13. The summed E-state index contributed by atoms with van der Waals surface area (Å²) < 4.78 is 11.5. The molecule has 0 aromatic heterocycles. The molecule has 0 unspecified atom stereocenters. The van der Waals surface area contributed by atoms with Crippen molar-refractivity contribution >= 4 is 17.5 Å². The minimum Gasteiger partial charge on any atom is -0.491 e. The monoisotopic (exact) mass is 377 g/mol. The molecule has 0 aliphatic carbocycles. The van der Waals surface area contributed by atoms with E-state index in [1.165, 1.54) is 0 Å². The second-order valence-electron chi connectivity index (χ2n) is 7.17. The van der Waals surface area contributed by atoms with Crippen LogP contribution in [0.15, 0.2) is 18.2 Å². The van der Waals surface area contributed by atoms with E-state index >= 15 is 0 Å². The lowest BCUT2D eigenvalue weighted by atomic mass is 10.0. The van der Waals surface area contributed by atoms with Gasteiger partial charge in [-0.2, -0.15) is 0 Å². The van der Waals surface area contributed by atoms with Crippen molar-refractivity contribution in [2.24, 2.45) is 5.92 Å². The van der Waals surface area contributed by atoms with Crippen LogP contribution in [0.3, 0.4) is 0 Å². The fourth-order valence-electron chi connectivity index (χ4n) is 2.99. The van der Waals surface area contributed by atoms with E-state index in [0.717, 1.165) is 6.54 Å². The number of anilines is 1. The molecule has 7 nitrogen and oxygen atoms in total. The van der Waals surface area contributed by atoms with Crippen LogP contribution in [0.2, 0.25) is 0 Å². The Labute approximate surface area is 161 Å². The minimum atomic E-state index is -0.159. The molecule has 0 spiro atoms. The van der Waals surface area contributed by atoms with Crippen LogP contribution in [0.1, 0.15) is 37.6 Å². The van der Waals surface area contributed by atoms with Crippen LogP contribution >= 0.6 is 0 Å². The van der Waals surface area contributed by atoms with E-state index in [4.69, 9.17) is 9.47 Å². The Hall–Kier alpha value is -2.12. The highest BCUT2D eigenvalue weighted by molar-refractivity contribution is 5.99. The van der Waals surface area contributed by atoms with Crippen LogP contribution in [0.25, 0.3) is 0 Å². The van der Waals surface area contributed by atoms with Gasteiger partial charge in [-0.3, -0.25) is 9.59 Å². The van der Waals surface area contributed by atoms with Gasteiger partial charge in [0.25, 0.3) is 5.91 Å². The maximum atomic E-state index is 13.1. The van der Waals surface area contributed by atoms with Gasteiger partial charge in [-0.05, 0) is 31.0 Å². The number of hydrogen-bond donors (Lipinski definition) is 2. The normalized spacial score (nSPS) is 24.3. The number of methoxy groups -OCH3 is 1. The fourth-order valence-corrected chi connectivity index (χ4v) is 2.99. The maximum Gasteiger partial charge on any atom is 0.257 e. The van der Waals surface area contributed by atoms with Crippen molar-refractivity contribution in [3.8, 4) is 5.75 Å². The first kappa shape index (κ1) is 21.2. The molecule has 1 heterocycles. The second-order valence-corrected chi connectivity index (χ2v) is 7.17. The molecule has 0 saturated carbocycles. The number of rotatable bonds is 3. The van der Waals surface area contributed by atoms with Gasteiger partial charge < -0.3 is 25.0 Å². The van der Waals surface area contributed by atoms with Gasteiger partial charge in [0.2, 0.25) is 5.91 Å². The molecule has 0 fully saturated rings. The number of nitrogens with one attached hydrogen (secondary N) is 2. The van der Waals surface area contributed by atoms with Gasteiger partial charge >= 0.3 is 0 Å². The van der Waals surface area contributed by atoms with Crippen LogP contribution in [-0.2, 0) is 9.53 Å². The Kier molecular flexibility index (Phi) is 7.62. The Morgan fingerprint density at radius 2 is 2.15 bits per heavy atom. The molecule has 2 rings (SSSR count). The van der Waals surface area contributed by atoms with Crippen molar-refractivity contribution in [1.29, 1.82) is 0 Å². The van der Waals surface area contributed by atoms with Crippen molar-refractivity contribution in [2.45, 2.75) is 39.3 Å². The lowest BCUT2D eigenvalue weighted by Crippen LogP contribution is -2.44. The van der Waals surface area contributed by atoms with Crippen LogP contribution < -0.4 is 15.4 Å². The zero-order valence-electron chi connectivity index (χ0n) is 16.9. The molecule has 2 amide bonds. The van der Waals surface area contributed by atoms with Crippen molar-refractivity contribution in [3.63, 3.8) is 0 Å². The number of carbonyl (C=O) groups excluding carboxylic acids is 2. The maximum absolute atomic E-state index is 13.1. The number of fused-ring (bicyclic) bond motifs is 1. The molecule has 150 valence electrons. The number of likely N-dealkylation sites (N-methyl/N-ethyl adjacent to an activating group) is 1. The van der Waals surface area contributed by atoms with Gasteiger partial charge in [0.1, 0.15) is 12.4 Å². The lowest BCUT2D eigenvalue weighted by Gasteiger charge is -2.30. The number of amides is 2. The highest BCUT2D eigenvalue weighted by atomic mass is 16.5. The SMILES string of the molecule is CCC(=O)Nc1ccc2c(c1)C(=O)N(C)C[C@H](OC)[C@H](C)CN[C@H](C)CO2. The highest BCUT2D eigenvalue weighted by Crippen LogP contribution is 2.25. The van der Waals surface area contributed by atoms with Gasteiger partial charge in [0.05, 0.1) is 11.7 Å². The summed E-state index contributed by atoms with van der Waals surface area (Å²) in [6.45, 7) is 7.62. The number of benzene rings is 1. The van der Waals surface area contributed by atoms with E-state index < -0.39 is 0 Å². The van der Waals surface area contributed by atoms with E-state index in [2.05, 4.69) is 17.6 Å². The Morgan fingerprint density at radius 1 is 1.41 bits per heavy atom.